The first-order valence-corrected chi connectivity index (χ1v) is 10.9. The first kappa shape index (κ1) is 19.4. The van der Waals surface area contributed by atoms with Crippen molar-refractivity contribution in [1.82, 2.24) is 10.2 Å². The van der Waals surface area contributed by atoms with Crippen molar-refractivity contribution < 1.29 is 19.4 Å². The molecule has 6 heteroatoms. The summed E-state index contributed by atoms with van der Waals surface area (Å²) in [5, 5.41) is 3.08. The number of carbonyl (C=O) groups excluding carboxylic acids is 2. The number of rotatable bonds is 4. The van der Waals surface area contributed by atoms with Gasteiger partial charge in [0.2, 0.25) is 0 Å². The first-order chi connectivity index (χ1) is 13.5. The number of hydrogen-bond donors (Lipinski definition) is 3. The van der Waals surface area contributed by atoms with E-state index in [2.05, 4.69) is 43.4 Å². The predicted octanol–water partition coefficient (Wildman–Crippen LogP) is -0.263. The molecule has 3 amide bonds. The van der Waals surface area contributed by atoms with Crippen molar-refractivity contribution in [2.45, 2.75) is 51.6 Å². The average Bonchev–Trinajstić information content (AvgIpc) is 2.92. The zero-order valence-corrected chi connectivity index (χ0v) is 17.2. The fraction of sp³-hybridized carbons (Fsp3) is 0.636. The van der Waals surface area contributed by atoms with Crippen LogP contribution in [0.3, 0.4) is 0 Å². The highest BCUT2D eigenvalue weighted by atomic mass is 16.2. The molecule has 3 N–H and O–H groups in total. The summed E-state index contributed by atoms with van der Waals surface area (Å²) in [6.07, 6.45) is 3.99. The topological polar surface area (TPSA) is 58.3 Å². The van der Waals surface area contributed by atoms with Crippen LogP contribution in [0.15, 0.2) is 24.3 Å². The molecule has 28 heavy (non-hydrogen) atoms. The molecule has 1 spiro atoms. The molecular weight excluding hydrogens is 352 g/mol. The molecule has 1 aromatic carbocycles. The SMILES string of the molecule is Cc1ccccc1C[NH+]1CC[NH+](CN2C(=O)N[C@]3(CCCC[C@@H]3C)C2=O)CC1. The lowest BCUT2D eigenvalue weighted by Gasteiger charge is -2.37. The number of aryl methyl sites for hydroxylation is 1. The molecule has 0 bridgehead atoms. The maximum absolute atomic E-state index is 13.1. The van der Waals surface area contributed by atoms with Gasteiger partial charge < -0.3 is 15.1 Å². The van der Waals surface area contributed by atoms with E-state index in [4.69, 9.17) is 0 Å². The third-order valence-electron chi connectivity index (χ3n) is 7.25. The molecule has 3 fully saturated rings. The summed E-state index contributed by atoms with van der Waals surface area (Å²) < 4.78 is 0. The monoisotopic (exact) mass is 386 g/mol. The second kappa shape index (κ2) is 7.84. The van der Waals surface area contributed by atoms with Crippen LogP contribution in [-0.2, 0) is 11.3 Å². The van der Waals surface area contributed by atoms with Gasteiger partial charge in [-0.2, -0.15) is 0 Å². The van der Waals surface area contributed by atoms with Gasteiger partial charge in [-0.3, -0.25) is 4.79 Å². The number of piperazine rings is 1. The number of nitrogens with zero attached hydrogens (tertiary/aromatic N) is 1. The molecular formula is C22H34N4O2+2. The van der Waals surface area contributed by atoms with Gasteiger partial charge >= 0.3 is 6.03 Å². The molecule has 4 rings (SSSR count). The van der Waals surface area contributed by atoms with Crippen molar-refractivity contribution in [2.24, 2.45) is 5.92 Å². The summed E-state index contributed by atoms with van der Waals surface area (Å²) in [7, 11) is 0. The van der Waals surface area contributed by atoms with Crippen LogP contribution in [0.4, 0.5) is 4.79 Å². The van der Waals surface area contributed by atoms with Crippen molar-refractivity contribution in [2.75, 3.05) is 32.8 Å². The zero-order chi connectivity index (χ0) is 19.7. The standard InChI is InChI=1S/C22H32N4O2/c1-17-7-3-4-9-19(17)15-24-11-13-25(14-12-24)16-26-20(27)22(23-21(26)28)10-6-5-8-18(22)2/h3-4,7,9,18H,5-6,8,10-16H2,1-2H3,(H,23,28)/p+2/t18-,22-/m0/s1. The molecule has 2 atom stereocenters. The van der Waals surface area contributed by atoms with Crippen molar-refractivity contribution in [3.63, 3.8) is 0 Å². The Morgan fingerprint density at radius 1 is 1.11 bits per heavy atom. The van der Waals surface area contributed by atoms with Crippen LogP contribution >= 0.6 is 0 Å². The minimum absolute atomic E-state index is 0.0203. The Kier molecular flexibility index (Phi) is 5.43. The van der Waals surface area contributed by atoms with Gasteiger partial charge in [-0.05, 0) is 31.2 Å². The van der Waals surface area contributed by atoms with Gasteiger partial charge in [0.25, 0.3) is 5.91 Å². The highest BCUT2D eigenvalue weighted by Crippen LogP contribution is 2.37. The van der Waals surface area contributed by atoms with Crippen LogP contribution in [0.5, 0.6) is 0 Å². The van der Waals surface area contributed by atoms with E-state index in [0.717, 1.165) is 58.4 Å². The predicted molar refractivity (Wildman–Crippen MR) is 107 cm³/mol. The molecule has 0 unspecified atom stereocenters. The van der Waals surface area contributed by atoms with Gasteiger partial charge in [0, 0.05) is 5.56 Å². The molecule has 1 saturated carbocycles. The molecule has 2 heterocycles. The van der Waals surface area contributed by atoms with Crippen LogP contribution < -0.4 is 15.1 Å². The fourth-order valence-electron chi connectivity index (χ4n) is 5.23. The number of amides is 3. The second-order valence-corrected chi connectivity index (χ2v) is 9.04. The Morgan fingerprint density at radius 2 is 1.82 bits per heavy atom. The first-order valence-electron chi connectivity index (χ1n) is 10.9. The van der Waals surface area contributed by atoms with Gasteiger partial charge in [-0.1, -0.05) is 44.0 Å². The third kappa shape index (κ3) is 3.55. The molecule has 6 nitrogen and oxygen atoms in total. The quantitative estimate of drug-likeness (QED) is 0.625. The van der Waals surface area contributed by atoms with Crippen LogP contribution in [0.25, 0.3) is 0 Å². The number of quaternary nitrogens is 2. The molecule has 0 radical (unpaired) electrons. The Balaban J connectivity index is 1.33. The van der Waals surface area contributed by atoms with E-state index in [-0.39, 0.29) is 17.9 Å². The normalized spacial score (nSPS) is 33.4. The molecule has 2 aliphatic heterocycles. The van der Waals surface area contributed by atoms with Crippen molar-refractivity contribution >= 4 is 11.9 Å². The smallest absolute Gasteiger partial charge is 0.323 e. The van der Waals surface area contributed by atoms with Crippen molar-refractivity contribution in [3.05, 3.63) is 35.4 Å². The summed E-state index contributed by atoms with van der Waals surface area (Å²) in [5.74, 6) is 0.250. The summed E-state index contributed by atoms with van der Waals surface area (Å²) in [6, 6.07) is 8.42. The lowest BCUT2D eigenvalue weighted by Crippen LogP contribution is -3.28. The fourth-order valence-corrected chi connectivity index (χ4v) is 5.23. The molecule has 0 aromatic heterocycles. The third-order valence-corrected chi connectivity index (χ3v) is 7.25. The van der Waals surface area contributed by atoms with E-state index in [1.807, 2.05) is 0 Å². The summed E-state index contributed by atoms with van der Waals surface area (Å²) in [4.78, 5) is 30.2. The number of urea groups is 1. The lowest BCUT2D eigenvalue weighted by molar-refractivity contribution is -1.02. The number of nitrogens with one attached hydrogen (secondary N) is 3. The summed E-state index contributed by atoms with van der Waals surface area (Å²) >= 11 is 0. The lowest BCUT2D eigenvalue weighted by atomic mass is 9.73. The number of imide groups is 1. The molecule has 1 aliphatic carbocycles. The van der Waals surface area contributed by atoms with E-state index < -0.39 is 5.54 Å². The van der Waals surface area contributed by atoms with Crippen molar-refractivity contribution in [1.29, 1.82) is 0 Å². The number of benzene rings is 1. The van der Waals surface area contributed by atoms with Gasteiger partial charge in [0.15, 0.2) is 6.67 Å². The maximum atomic E-state index is 13.1. The van der Waals surface area contributed by atoms with E-state index in [9.17, 15) is 9.59 Å². The Bertz CT molecular complexity index is 744. The zero-order valence-electron chi connectivity index (χ0n) is 17.2. The number of carbonyl (C=O) groups is 2. The summed E-state index contributed by atoms with van der Waals surface area (Å²) in [5.41, 5.74) is 2.14. The second-order valence-electron chi connectivity index (χ2n) is 9.04. The Labute approximate surface area is 167 Å². The highest BCUT2D eigenvalue weighted by molar-refractivity contribution is 6.07. The maximum Gasteiger partial charge on any atom is 0.329 e. The van der Waals surface area contributed by atoms with Crippen LogP contribution in [-0.4, -0.2) is 55.2 Å². The van der Waals surface area contributed by atoms with Gasteiger partial charge in [-0.15, -0.1) is 0 Å². The Hall–Kier alpha value is -1.92. The van der Waals surface area contributed by atoms with Crippen LogP contribution in [0.1, 0.15) is 43.7 Å². The summed E-state index contributed by atoms with van der Waals surface area (Å²) in [6.45, 7) is 10.0. The van der Waals surface area contributed by atoms with Gasteiger partial charge in [0.05, 0.1) is 0 Å². The van der Waals surface area contributed by atoms with Crippen molar-refractivity contribution in [3.8, 4) is 0 Å². The van der Waals surface area contributed by atoms with E-state index in [1.165, 1.54) is 20.9 Å². The highest BCUT2D eigenvalue weighted by Gasteiger charge is 2.55. The molecule has 152 valence electrons. The van der Waals surface area contributed by atoms with Gasteiger partial charge in [0.1, 0.15) is 38.3 Å². The Morgan fingerprint density at radius 3 is 2.54 bits per heavy atom. The van der Waals surface area contributed by atoms with E-state index in [1.54, 1.807) is 4.90 Å². The minimum Gasteiger partial charge on any atom is -0.323 e. The number of hydrogen-bond acceptors (Lipinski definition) is 2. The van der Waals surface area contributed by atoms with Crippen LogP contribution in [0, 0.1) is 12.8 Å². The molecule has 3 aliphatic rings. The average molecular weight is 387 g/mol. The largest absolute Gasteiger partial charge is 0.329 e. The molecule has 2 saturated heterocycles. The van der Waals surface area contributed by atoms with Crippen LogP contribution in [0.2, 0.25) is 0 Å². The van der Waals surface area contributed by atoms with Gasteiger partial charge in [-0.25, -0.2) is 9.69 Å². The molecule has 1 aromatic rings. The minimum atomic E-state index is -0.632. The van der Waals surface area contributed by atoms with E-state index in [0.29, 0.717) is 6.67 Å². The van der Waals surface area contributed by atoms with E-state index >= 15 is 0 Å².